The molecule has 0 saturated heterocycles. The third kappa shape index (κ3) is 21.3. The summed E-state index contributed by atoms with van der Waals surface area (Å²) in [5.74, 6) is -8.47. The van der Waals surface area contributed by atoms with Gasteiger partial charge in [0.15, 0.2) is 0 Å². The van der Waals surface area contributed by atoms with E-state index in [0.29, 0.717) is 17.1 Å². The van der Waals surface area contributed by atoms with Crippen LogP contribution in [0.2, 0.25) is 0 Å². The van der Waals surface area contributed by atoms with Crippen LogP contribution in [0.1, 0.15) is 76.4 Å². The lowest BCUT2D eigenvalue weighted by atomic mass is 9.84. The molecule has 10 amide bonds. The van der Waals surface area contributed by atoms with E-state index in [2.05, 4.69) is 31.9 Å². The number of carboxylic acids is 1. The van der Waals surface area contributed by atoms with Gasteiger partial charge in [-0.2, -0.15) is 13.2 Å². The van der Waals surface area contributed by atoms with Crippen LogP contribution in [-0.2, 0) is 56.1 Å². The van der Waals surface area contributed by atoms with Crippen LogP contribution in [0.5, 0.6) is 0 Å². The average Bonchev–Trinajstić information content (AvgIpc) is 4.11. The number of alkyl halides is 3. The molecule has 84 heavy (non-hydrogen) atoms. The van der Waals surface area contributed by atoms with Gasteiger partial charge < -0.3 is 63.0 Å². The molecule has 0 fully saturated rings. The van der Waals surface area contributed by atoms with Crippen molar-refractivity contribution in [3.63, 3.8) is 0 Å². The van der Waals surface area contributed by atoms with Gasteiger partial charge in [-0.15, -0.1) is 0 Å². The van der Waals surface area contributed by atoms with Crippen LogP contribution in [0.15, 0.2) is 91.1 Å². The van der Waals surface area contributed by atoms with Gasteiger partial charge in [0.05, 0.1) is 24.2 Å². The number of carbonyl (C=O) groups is 10. The number of halogens is 5. The molecule has 12 N–H and O–H groups in total. The molecule has 4 atom stereocenters. The van der Waals surface area contributed by atoms with E-state index in [1.807, 2.05) is 51.1 Å². The van der Waals surface area contributed by atoms with Crippen molar-refractivity contribution in [3.05, 3.63) is 120 Å². The molecule has 0 aliphatic carbocycles. The molecule has 2 heterocycles. The molecule has 4 aromatic rings. The second-order valence-electron chi connectivity index (χ2n) is 20.1. The van der Waals surface area contributed by atoms with Crippen LogP contribution in [0, 0.1) is 17.0 Å². The van der Waals surface area contributed by atoms with Gasteiger partial charge in [0.1, 0.15) is 36.1 Å². The Kier molecular flexibility index (Phi) is 25.1. The van der Waals surface area contributed by atoms with E-state index < -0.39 is 107 Å². The number of hydrogen-bond acceptors (Lipinski definition) is 13. The van der Waals surface area contributed by atoms with Gasteiger partial charge in [0, 0.05) is 75.3 Å². The lowest BCUT2D eigenvalue weighted by molar-refractivity contribution is -0.192. The van der Waals surface area contributed by atoms with E-state index in [0.717, 1.165) is 40.8 Å². The monoisotopic (exact) mass is 1180 g/mol. The maximum absolute atomic E-state index is 15.1. The summed E-state index contributed by atoms with van der Waals surface area (Å²) < 4.78 is 63.0. The van der Waals surface area contributed by atoms with Crippen molar-refractivity contribution in [2.45, 2.75) is 96.7 Å². The molecule has 1 aliphatic rings. The van der Waals surface area contributed by atoms with Crippen LogP contribution in [0.3, 0.4) is 0 Å². The number of anilines is 1. The predicted molar refractivity (Wildman–Crippen MR) is 292 cm³/mol. The first kappa shape index (κ1) is 67.4. The Labute approximate surface area is 478 Å². The number of rotatable bonds is 27. The Morgan fingerprint density at radius 1 is 0.774 bits per heavy atom. The Bertz CT molecular complexity index is 3010. The third-order valence-electron chi connectivity index (χ3n) is 12.5. The van der Waals surface area contributed by atoms with E-state index >= 15 is 4.39 Å². The van der Waals surface area contributed by atoms with Gasteiger partial charge in [0.25, 0.3) is 11.8 Å². The lowest BCUT2D eigenvalue weighted by Crippen LogP contribution is -2.52. The van der Waals surface area contributed by atoms with Gasteiger partial charge in [-0.3, -0.25) is 43.3 Å². The molecule has 5 rings (SSSR count). The number of nitrogens with one attached hydrogen (secondary N) is 6. The maximum atomic E-state index is 15.1. The molecule has 0 unspecified atom stereocenters. The zero-order chi connectivity index (χ0) is 62.5. The standard InChI is InChI=1S/C53H66F2N12O10.C2HF3O2/c1-32(49(74)64-40(11-8-22-60-52(57)77)51(76)62-36-15-12-33(13-16-36)27-43(70)58-24-26-66-44(71)18-19-45(66)72)61-42(69)20-23-59-50(75)39(56)21-25-67(46(73)31-68)47(53(2,3)4)48-63-41(37-28-35(54)14-17-38(37)55)30-65(48)29-34-9-6-5-7-10-34;3-2(4,5)1(6)7/h5-7,9-10,12-19,28,30,32,39-40,47,68H,8,11,20-27,29,31,56H2,1-4H3,(H,58,70)(H,59,75)(H,61,69)(H,62,76)(H,64,74)(H3,57,60,77);(H,6,7)/t32-,39-,40-,47-;/m0./s1. The number of carboxylic acid groups (broad SMARTS) is 1. The number of aliphatic carboxylic acids is 1. The highest BCUT2D eigenvalue weighted by molar-refractivity contribution is 6.12. The molecule has 0 bridgehead atoms. The molecule has 0 radical (unpaired) electrons. The first-order valence-electron chi connectivity index (χ1n) is 26.1. The highest BCUT2D eigenvalue weighted by Crippen LogP contribution is 2.40. The minimum absolute atomic E-state index is 0.0174. The lowest BCUT2D eigenvalue weighted by Gasteiger charge is -2.40. The Morgan fingerprint density at radius 3 is 2.01 bits per heavy atom. The fourth-order valence-corrected chi connectivity index (χ4v) is 8.31. The number of nitrogens with zero attached hydrogens (tertiary/aromatic N) is 4. The topological polar surface area (TPSA) is 360 Å². The minimum atomic E-state index is -5.08. The van der Waals surface area contributed by atoms with Crippen LogP contribution < -0.4 is 43.4 Å². The van der Waals surface area contributed by atoms with Crippen molar-refractivity contribution in [3.8, 4) is 11.3 Å². The van der Waals surface area contributed by atoms with Crippen LogP contribution in [-0.4, -0.2) is 152 Å². The van der Waals surface area contributed by atoms with Crippen molar-refractivity contribution < 1.29 is 80.1 Å². The van der Waals surface area contributed by atoms with Gasteiger partial charge >= 0.3 is 18.2 Å². The van der Waals surface area contributed by atoms with E-state index in [4.69, 9.17) is 26.4 Å². The molecule has 3 aromatic carbocycles. The second-order valence-corrected chi connectivity index (χ2v) is 20.1. The number of aromatic nitrogens is 2. The Balaban J connectivity index is 0.00000203. The number of nitrogens with two attached hydrogens (primary N) is 2. The molecule has 454 valence electrons. The predicted octanol–water partition coefficient (Wildman–Crippen LogP) is 2.30. The largest absolute Gasteiger partial charge is 0.490 e. The first-order valence-corrected chi connectivity index (χ1v) is 26.1. The Morgan fingerprint density at radius 2 is 1.42 bits per heavy atom. The van der Waals surface area contributed by atoms with Crippen molar-refractivity contribution in [1.82, 2.24) is 45.9 Å². The van der Waals surface area contributed by atoms with Crippen molar-refractivity contribution in [1.29, 1.82) is 0 Å². The van der Waals surface area contributed by atoms with Crippen molar-refractivity contribution in [2.24, 2.45) is 16.9 Å². The molecule has 0 saturated carbocycles. The third-order valence-corrected chi connectivity index (χ3v) is 12.5. The smallest absolute Gasteiger partial charge is 0.475 e. The number of primary amides is 1. The number of amides is 10. The summed E-state index contributed by atoms with van der Waals surface area (Å²) in [7, 11) is 0. The first-order chi connectivity index (χ1) is 39.5. The number of carbonyl (C=O) groups excluding carboxylic acids is 9. The minimum Gasteiger partial charge on any atom is -0.475 e. The van der Waals surface area contributed by atoms with Crippen LogP contribution >= 0.6 is 0 Å². The van der Waals surface area contributed by atoms with E-state index in [-0.39, 0.29) is 88.5 Å². The van der Waals surface area contributed by atoms with Crippen LogP contribution in [0.4, 0.5) is 32.4 Å². The summed E-state index contributed by atoms with van der Waals surface area (Å²) in [6.07, 6.45) is -1.35. The normalized spacial score (nSPS) is 13.5. The number of aliphatic hydroxyl groups excluding tert-OH is 1. The number of benzene rings is 3. The molecular weight excluding hydrogens is 1120 g/mol. The van der Waals surface area contributed by atoms with Gasteiger partial charge in [-0.1, -0.05) is 63.2 Å². The maximum Gasteiger partial charge on any atom is 0.490 e. The summed E-state index contributed by atoms with van der Waals surface area (Å²) >= 11 is 0. The van der Waals surface area contributed by atoms with Crippen molar-refractivity contribution in [2.75, 3.05) is 44.6 Å². The number of aliphatic hydroxyl groups is 1. The van der Waals surface area contributed by atoms with Crippen molar-refractivity contribution >= 4 is 64.9 Å². The van der Waals surface area contributed by atoms with Gasteiger partial charge in [0.2, 0.25) is 35.4 Å². The highest BCUT2D eigenvalue weighted by Gasteiger charge is 2.40. The summed E-state index contributed by atoms with van der Waals surface area (Å²) in [5.41, 5.74) is 12.5. The van der Waals surface area contributed by atoms with Crippen LogP contribution in [0.25, 0.3) is 11.3 Å². The quantitative estimate of drug-likeness (QED) is 0.0233. The number of urea groups is 1. The molecule has 1 aromatic heterocycles. The second kappa shape index (κ2) is 31.4. The summed E-state index contributed by atoms with van der Waals surface area (Å²) in [5, 5.41) is 32.8. The number of hydrogen-bond donors (Lipinski definition) is 10. The molecule has 0 spiro atoms. The molecule has 29 heteroatoms. The zero-order valence-corrected chi connectivity index (χ0v) is 46.3. The van der Waals surface area contributed by atoms with E-state index in [1.54, 1.807) is 35.0 Å². The molecular formula is C55H67F5N12O12. The highest BCUT2D eigenvalue weighted by atomic mass is 19.4. The molecule has 24 nitrogen and oxygen atoms in total. The average molecular weight is 1180 g/mol. The fraction of sp³-hybridized carbons (Fsp3) is 0.400. The molecule has 1 aliphatic heterocycles. The van der Waals surface area contributed by atoms with E-state index in [9.17, 15) is 65.8 Å². The SMILES string of the molecule is C[C@H](NC(=O)CCNC(=O)[C@@H](N)CCN(C(=O)CO)[C@@H](c1nc(-c2cc(F)ccc2F)cn1Cc1ccccc1)C(C)(C)C)C(=O)N[C@@H](CCCNC(N)=O)C(=O)Nc1ccc(CC(=O)NCCN2C(=O)C=CC2=O)cc1.O=C(O)C(F)(F)F. The van der Waals surface area contributed by atoms with Gasteiger partial charge in [-0.25, -0.2) is 23.4 Å². The Hall–Kier alpha value is -9.12. The number of imidazole rings is 1. The number of imide groups is 1. The fourth-order valence-electron chi connectivity index (χ4n) is 8.31. The summed E-state index contributed by atoms with van der Waals surface area (Å²) in [6.45, 7) is 6.09. The van der Waals surface area contributed by atoms with E-state index in [1.165, 1.54) is 11.8 Å². The summed E-state index contributed by atoms with van der Waals surface area (Å²) in [6, 6.07) is 13.4. The van der Waals surface area contributed by atoms with Gasteiger partial charge in [-0.05, 0) is 73.1 Å². The summed E-state index contributed by atoms with van der Waals surface area (Å²) in [4.78, 5) is 130. The zero-order valence-electron chi connectivity index (χ0n) is 46.3.